The Morgan fingerprint density at radius 2 is 2.00 bits per heavy atom. The second kappa shape index (κ2) is 6.22. The number of aliphatic hydroxyl groups is 1. The monoisotopic (exact) mass is 442 g/mol. The van der Waals surface area contributed by atoms with Gasteiger partial charge in [0.1, 0.15) is 17.1 Å². The van der Waals surface area contributed by atoms with Crippen molar-refractivity contribution in [1.29, 1.82) is 0 Å². The molecule has 0 aromatic heterocycles. The maximum absolute atomic E-state index is 12.8. The van der Waals surface area contributed by atoms with Gasteiger partial charge in [0.05, 0.1) is 18.3 Å². The third-order valence-electron chi connectivity index (χ3n) is 9.08. The Morgan fingerprint density at radius 3 is 2.66 bits per heavy atom. The largest absolute Gasteiger partial charge is 0.496 e. The Hall–Kier alpha value is -1.77. The highest BCUT2D eigenvalue weighted by Crippen LogP contribution is 2.90. The molecular formula is C24H31BO7. The van der Waals surface area contributed by atoms with Gasteiger partial charge in [-0.2, -0.15) is 0 Å². The summed E-state index contributed by atoms with van der Waals surface area (Å²) in [6, 6.07) is 3.68. The van der Waals surface area contributed by atoms with Crippen LogP contribution in [-0.4, -0.2) is 48.9 Å². The number of fused-ring (bicyclic) bond motifs is 1. The number of carbonyl (C=O) groups excluding carboxylic acids is 1. The molecule has 6 rings (SSSR count). The summed E-state index contributed by atoms with van der Waals surface area (Å²) < 4.78 is 30.2. The maximum atomic E-state index is 12.8. The highest BCUT2D eigenvalue weighted by atomic mass is 16.7. The van der Waals surface area contributed by atoms with Crippen molar-refractivity contribution < 1.29 is 33.4 Å². The van der Waals surface area contributed by atoms with Crippen LogP contribution >= 0.6 is 0 Å². The van der Waals surface area contributed by atoms with Crippen LogP contribution in [0.4, 0.5) is 0 Å². The first-order chi connectivity index (χ1) is 15.1. The Morgan fingerprint density at radius 1 is 1.22 bits per heavy atom. The Kier molecular flexibility index (Phi) is 4.04. The van der Waals surface area contributed by atoms with Gasteiger partial charge in [-0.1, -0.05) is 13.0 Å². The third-order valence-corrected chi connectivity index (χ3v) is 9.08. The first kappa shape index (κ1) is 20.8. The highest BCUT2D eigenvalue weighted by Gasteiger charge is 2.95. The second-order valence-corrected chi connectivity index (χ2v) is 11.0. The summed E-state index contributed by atoms with van der Waals surface area (Å²) in [6.07, 6.45) is 3.40. The fourth-order valence-corrected chi connectivity index (χ4v) is 7.71. The van der Waals surface area contributed by atoms with Crippen LogP contribution in [0, 0.1) is 17.3 Å². The number of hydrogen-bond acceptors (Lipinski definition) is 7. The van der Waals surface area contributed by atoms with Gasteiger partial charge in [0, 0.05) is 25.9 Å². The average molecular weight is 442 g/mol. The lowest BCUT2D eigenvalue weighted by molar-refractivity contribution is -0.128. The van der Waals surface area contributed by atoms with Gasteiger partial charge in [-0.25, -0.2) is 4.79 Å². The molecule has 2 aliphatic heterocycles. The van der Waals surface area contributed by atoms with E-state index in [0.717, 1.165) is 12.0 Å². The molecule has 1 saturated heterocycles. The van der Waals surface area contributed by atoms with Crippen LogP contribution in [0.25, 0.3) is 0 Å². The van der Waals surface area contributed by atoms with Gasteiger partial charge in [0.25, 0.3) is 0 Å². The molecule has 1 spiro atoms. The molecule has 1 N–H and O–H groups in total. The van der Waals surface area contributed by atoms with E-state index in [1.54, 1.807) is 19.9 Å². The molecule has 3 saturated carbocycles. The molecule has 32 heavy (non-hydrogen) atoms. The smallest absolute Gasteiger partial charge is 0.458 e. The van der Waals surface area contributed by atoms with Gasteiger partial charge in [-0.15, -0.1) is 0 Å². The van der Waals surface area contributed by atoms with Crippen molar-refractivity contribution in [2.24, 2.45) is 17.3 Å². The van der Waals surface area contributed by atoms with Gasteiger partial charge in [-0.05, 0) is 61.9 Å². The Labute approximate surface area is 188 Å². The normalized spacial score (nSPS) is 40.4. The minimum atomic E-state index is -1.09. The van der Waals surface area contributed by atoms with Crippen LogP contribution < -0.4 is 9.47 Å². The number of ether oxygens (including phenoxy) is 3. The van der Waals surface area contributed by atoms with Crippen molar-refractivity contribution in [3.63, 3.8) is 0 Å². The SMILES string of the molecule is COc1ccc(C(CCO)CB2O[C@@]34[C@@H]5C[C@H](C[C@]3(C)O2)C54C)c2c1C(=O)OC(C)(C)O2. The van der Waals surface area contributed by atoms with Gasteiger partial charge in [0.15, 0.2) is 0 Å². The van der Waals surface area contributed by atoms with Crippen LogP contribution in [0.15, 0.2) is 12.1 Å². The third kappa shape index (κ3) is 2.31. The average Bonchev–Trinajstić information content (AvgIpc) is 2.91. The molecule has 2 unspecified atom stereocenters. The molecule has 172 valence electrons. The van der Waals surface area contributed by atoms with Crippen molar-refractivity contribution >= 4 is 13.1 Å². The molecule has 5 aliphatic rings. The lowest BCUT2D eigenvalue weighted by atomic mass is 9.70. The molecule has 0 amide bonds. The lowest BCUT2D eigenvalue weighted by Crippen LogP contribution is -2.41. The zero-order chi connectivity index (χ0) is 22.7. The molecule has 2 heterocycles. The number of benzene rings is 1. The molecule has 0 radical (unpaired) electrons. The maximum Gasteiger partial charge on any atom is 0.458 e. The number of cyclic esters (lactones) is 1. The summed E-state index contributed by atoms with van der Waals surface area (Å²) in [5, 5.41) is 9.85. The highest BCUT2D eigenvalue weighted by molar-refractivity contribution is 6.46. The molecule has 0 bridgehead atoms. The van der Waals surface area contributed by atoms with Gasteiger partial charge < -0.3 is 28.6 Å². The predicted molar refractivity (Wildman–Crippen MR) is 116 cm³/mol. The second-order valence-electron chi connectivity index (χ2n) is 11.0. The van der Waals surface area contributed by atoms with Crippen molar-refractivity contribution in [2.75, 3.05) is 13.7 Å². The minimum Gasteiger partial charge on any atom is -0.496 e. The zero-order valence-electron chi connectivity index (χ0n) is 19.4. The molecule has 1 aromatic rings. The fourth-order valence-electron chi connectivity index (χ4n) is 7.71. The van der Waals surface area contributed by atoms with E-state index in [4.69, 9.17) is 23.5 Å². The molecule has 6 atom stereocenters. The van der Waals surface area contributed by atoms with E-state index in [1.807, 2.05) is 6.07 Å². The predicted octanol–water partition coefficient (Wildman–Crippen LogP) is 3.54. The summed E-state index contributed by atoms with van der Waals surface area (Å²) in [4.78, 5) is 12.8. The van der Waals surface area contributed by atoms with E-state index in [-0.39, 0.29) is 36.3 Å². The molecule has 7 nitrogen and oxygen atoms in total. The van der Waals surface area contributed by atoms with Crippen LogP contribution in [0.5, 0.6) is 11.5 Å². The zero-order valence-corrected chi connectivity index (χ0v) is 19.4. The lowest BCUT2D eigenvalue weighted by Gasteiger charge is -2.36. The summed E-state index contributed by atoms with van der Waals surface area (Å²) in [6.45, 7) is 8.00. The molecular weight excluding hydrogens is 411 g/mol. The molecule has 4 fully saturated rings. The summed E-state index contributed by atoms with van der Waals surface area (Å²) >= 11 is 0. The van der Waals surface area contributed by atoms with Crippen molar-refractivity contribution in [3.05, 3.63) is 23.3 Å². The number of esters is 1. The van der Waals surface area contributed by atoms with E-state index in [1.165, 1.54) is 13.5 Å². The first-order valence-electron chi connectivity index (χ1n) is 11.7. The summed E-state index contributed by atoms with van der Waals surface area (Å²) in [5.74, 6) is 0.524. The minimum absolute atomic E-state index is 0.0108. The van der Waals surface area contributed by atoms with Crippen LogP contribution in [-0.2, 0) is 14.0 Å². The van der Waals surface area contributed by atoms with Crippen molar-refractivity contribution in [1.82, 2.24) is 0 Å². The van der Waals surface area contributed by atoms with E-state index in [0.29, 0.717) is 41.6 Å². The molecule has 8 heteroatoms. The van der Waals surface area contributed by atoms with Crippen LogP contribution in [0.3, 0.4) is 0 Å². The number of aliphatic hydroxyl groups excluding tert-OH is 1. The number of rotatable bonds is 6. The van der Waals surface area contributed by atoms with Crippen molar-refractivity contribution in [3.8, 4) is 11.5 Å². The summed E-state index contributed by atoms with van der Waals surface area (Å²) in [7, 11) is 1.17. The number of methoxy groups -OCH3 is 1. The Balaban J connectivity index is 1.33. The van der Waals surface area contributed by atoms with Gasteiger partial charge in [-0.3, -0.25) is 0 Å². The van der Waals surface area contributed by atoms with Crippen LogP contribution in [0.1, 0.15) is 68.8 Å². The Bertz CT molecular complexity index is 1010. The van der Waals surface area contributed by atoms with Crippen molar-refractivity contribution in [2.45, 2.75) is 76.2 Å². The van der Waals surface area contributed by atoms with Crippen LogP contribution in [0.2, 0.25) is 6.32 Å². The summed E-state index contributed by atoms with van der Waals surface area (Å²) in [5.41, 5.74) is 1.01. The van der Waals surface area contributed by atoms with Gasteiger partial charge >= 0.3 is 13.1 Å². The first-order valence-corrected chi connectivity index (χ1v) is 11.7. The number of carbonyl (C=O) groups is 1. The van der Waals surface area contributed by atoms with E-state index >= 15 is 0 Å². The quantitative estimate of drug-likeness (QED) is 0.533. The van der Waals surface area contributed by atoms with E-state index in [9.17, 15) is 9.90 Å². The van der Waals surface area contributed by atoms with E-state index < -0.39 is 11.8 Å². The van der Waals surface area contributed by atoms with Gasteiger partial charge in [0.2, 0.25) is 5.79 Å². The molecule has 1 aromatic carbocycles. The number of hydrogen-bond donors (Lipinski definition) is 1. The molecule has 3 aliphatic carbocycles. The fraction of sp³-hybridized carbons (Fsp3) is 0.708. The standard InChI is InChI=1S/C24H31BO7/c1-21(2)29-19-15(6-7-16(28-5)18(19)20(27)30-21)13(8-9-26)12-25-31-22(3)11-14-10-17-23(14,4)24(17,22)32-25/h6-7,13-14,17,26H,8-12H2,1-5H3/t13?,14-,17-,22+,23?,24+/m1/s1. The topological polar surface area (TPSA) is 83.5 Å². The van der Waals surface area contributed by atoms with E-state index in [2.05, 4.69) is 13.8 Å².